The van der Waals surface area contributed by atoms with E-state index < -0.39 is 40.5 Å². The van der Waals surface area contributed by atoms with Crippen LogP contribution in [0.25, 0.3) is 33.2 Å². The third-order valence-electron chi connectivity index (χ3n) is 6.95. The summed E-state index contributed by atoms with van der Waals surface area (Å²) < 4.78 is 46.8. The predicted octanol–water partition coefficient (Wildman–Crippen LogP) is 3.69. The first-order valence-corrected chi connectivity index (χ1v) is 14.6. The Morgan fingerprint density at radius 1 is 1.00 bits per heavy atom. The molecule has 3 heterocycles. The van der Waals surface area contributed by atoms with Crippen molar-refractivity contribution >= 4 is 49.9 Å². The molecule has 44 heavy (non-hydrogen) atoms. The molecule has 0 radical (unpaired) electrons. The number of carboxylic acid groups (broad SMARTS) is 2. The van der Waals surface area contributed by atoms with Crippen LogP contribution < -0.4 is 9.47 Å². The summed E-state index contributed by atoms with van der Waals surface area (Å²) in [7, 11) is -1.66. The van der Waals surface area contributed by atoms with Gasteiger partial charge >= 0.3 is 17.9 Å². The molecule has 0 aliphatic rings. The van der Waals surface area contributed by atoms with Crippen molar-refractivity contribution in [3.05, 3.63) is 72.6 Å². The van der Waals surface area contributed by atoms with Gasteiger partial charge in [0.05, 0.1) is 36.7 Å². The topological polar surface area (TPSA) is 176 Å². The van der Waals surface area contributed by atoms with E-state index in [2.05, 4.69) is 4.98 Å². The molecule has 0 saturated heterocycles. The third kappa shape index (κ3) is 5.54. The van der Waals surface area contributed by atoms with Crippen LogP contribution in [-0.4, -0.2) is 70.4 Å². The average molecular weight is 622 g/mol. The van der Waals surface area contributed by atoms with Gasteiger partial charge in [0.15, 0.2) is 17.1 Å². The number of aryl methyl sites for hydroxylation is 1. The van der Waals surface area contributed by atoms with Crippen molar-refractivity contribution in [1.82, 2.24) is 13.5 Å². The summed E-state index contributed by atoms with van der Waals surface area (Å²) in [6.45, 7) is 1.55. The van der Waals surface area contributed by atoms with E-state index in [1.165, 1.54) is 49.2 Å². The highest BCUT2D eigenvalue weighted by molar-refractivity contribution is 7.90. The number of pyridine rings is 1. The van der Waals surface area contributed by atoms with Crippen molar-refractivity contribution in [1.29, 1.82) is 0 Å². The van der Waals surface area contributed by atoms with E-state index in [0.717, 1.165) is 9.54 Å². The molecule has 228 valence electrons. The third-order valence-corrected chi connectivity index (χ3v) is 8.67. The molecule has 0 saturated carbocycles. The molecular formula is C30H27N3O10S. The number of hydrogen-bond acceptors (Lipinski definition) is 9. The summed E-state index contributed by atoms with van der Waals surface area (Å²) in [5.74, 6) is -3.55. The van der Waals surface area contributed by atoms with Crippen LogP contribution in [-0.2, 0) is 35.7 Å². The van der Waals surface area contributed by atoms with Gasteiger partial charge in [-0.2, -0.15) is 0 Å². The van der Waals surface area contributed by atoms with E-state index in [1.807, 2.05) is 6.92 Å². The maximum Gasteiger partial charge on any atom is 0.345 e. The molecule has 1 unspecified atom stereocenters. The van der Waals surface area contributed by atoms with E-state index in [1.54, 1.807) is 36.5 Å². The Kier molecular flexibility index (Phi) is 8.02. The Morgan fingerprint density at radius 2 is 1.73 bits per heavy atom. The van der Waals surface area contributed by atoms with Crippen LogP contribution in [0.4, 0.5) is 0 Å². The SMILES string of the molecule is COC(=O)Cn1cc(-c2cc3cccnc3n2S(=O)(=O)c2ccc(C)cc2)c2cc(OC)c(OC(CC(=O)O)C(=O)O)cc21. The van der Waals surface area contributed by atoms with E-state index in [4.69, 9.17) is 19.3 Å². The zero-order chi connectivity index (χ0) is 31.8. The zero-order valence-corrected chi connectivity index (χ0v) is 24.6. The number of carbonyl (C=O) groups is 3. The summed E-state index contributed by atoms with van der Waals surface area (Å²) in [4.78, 5) is 39.8. The summed E-state index contributed by atoms with van der Waals surface area (Å²) in [5.41, 5.74) is 2.00. The molecule has 0 spiro atoms. The number of nitrogens with zero attached hydrogens (tertiary/aromatic N) is 3. The van der Waals surface area contributed by atoms with Gasteiger partial charge in [0.1, 0.15) is 6.54 Å². The fourth-order valence-electron chi connectivity index (χ4n) is 4.84. The maximum atomic E-state index is 14.1. The van der Waals surface area contributed by atoms with Crippen LogP contribution in [0.15, 0.2) is 71.9 Å². The summed E-state index contributed by atoms with van der Waals surface area (Å²) in [6.07, 6.45) is 0.480. The summed E-state index contributed by atoms with van der Waals surface area (Å²) in [5, 5.41) is 19.7. The first-order valence-electron chi connectivity index (χ1n) is 13.1. The van der Waals surface area contributed by atoms with Crippen molar-refractivity contribution < 1.29 is 47.2 Å². The molecule has 13 nitrogen and oxygen atoms in total. The van der Waals surface area contributed by atoms with Crippen LogP contribution in [0.1, 0.15) is 12.0 Å². The van der Waals surface area contributed by atoms with Gasteiger partial charge in [-0.05, 0) is 43.3 Å². The minimum Gasteiger partial charge on any atom is -0.493 e. The van der Waals surface area contributed by atoms with E-state index >= 15 is 0 Å². The Hall–Kier alpha value is -5.37. The van der Waals surface area contributed by atoms with Crippen molar-refractivity contribution in [2.45, 2.75) is 30.9 Å². The van der Waals surface area contributed by atoms with Crippen LogP contribution >= 0.6 is 0 Å². The minimum absolute atomic E-state index is 0.0391. The number of hydrogen-bond donors (Lipinski definition) is 2. The molecular weight excluding hydrogens is 594 g/mol. The fourth-order valence-corrected chi connectivity index (χ4v) is 6.32. The van der Waals surface area contributed by atoms with Crippen molar-refractivity contribution in [2.24, 2.45) is 0 Å². The number of fused-ring (bicyclic) bond motifs is 2. The Bertz CT molecular complexity index is 2030. The quantitative estimate of drug-likeness (QED) is 0.206. The normalized spacial score (nSPS) is 12.2. The van der Waals surface area contributed by atoms with Gasteiger partial charge in [0.2, 0.25) is 6.10 Å². The van der Waals surface area contributed by atoms with Crippen molar-refractivity contribution in [3.63, 3.8) is 0 Å². The molecule has 0 fully saturated rings. The second kappa shape index (κ2) is 11.7. The van der Waals surface area contributed by atoms with Gasteiger partial charge in [-0.25, -0.2) is 22.2 Å². The van der Waals surface area contributed by atoms with Gasteiger partial charge in [0.25, 0.3) is 10.0 Å². The Morgan fingerprint density at radius 3 is 2.36 bits per heavy atom. The van der Waals surface area contributed by atoms with Gasteiger partial charge in [-0.15, -0.1) is 0 Å². The highest BCUT2D eigenvalue weighted by atomic mass is 32.2. The molecule has 0 amide bonds. The fraction of sp³-hybridized carbons (Fsp3) is 0.200. The number of aromatic nitrogens is 3. The Labute approximate surface area is 250 Å². The number of esters is 1. The number of carboxylic acids is 2. The molecule has 14 heteroatoms. The molecule has 1 atom stereocenters. The average Bonchev–Trinajstić information content (AvgIpc) is 3.54. The lowest BCUT2D eigenvalue weighted by Crippen LogP contribution is -2.29. The van der Waals surface area contributed by atoms with Crippen LogP contribution in [0.2, 0.25) is 0 Å². The second-order valence-corrected chi connectivity index (χ2v) is 11.6. The van der Waals surface area contributed by atoms with Crippen LogP contribution in [0.3, 0.4) is 0 Å². The lowest BCUT2D eigenvalue weighted by Gasteiger charge is -2.17. The van der Waals surface area contributed by atoms with Crippen LogP contribution in [0, 0.1) is 6.92 Å². The smallest absolute Gasteiger partial charge is 0.345 e. The van der Waals surface area contributed by atoms with Gasteiger partial charge in [-0.1, -0.05) is 17.7 Å². The molecule has 2 N–H and O–H groups in total. The van der Waals surface area contributed by atoms with Gasteiger partial charge in [0, 0.05) is 34.8 Å². The number of rotatable bonds is 11. The number of carbonyl (C=O) groups excluding carboxylic acids is 1. The minimum atomic E-state index is -4.19. The highest BCUT2D eigenvalue weighted by Gasteiger charge is 2.29. The molecule has 5 aromatic rings. The molecule has 0 bridgehead atoms. The number of aliphatic carboxylic acids is 2. The monoisotopic (exact) mass is 621 g/mol. The molecule has 0 aliphatic heterocycles. The van der Waals surface area contributed by atoms with Gasteiger partial charge in [-0.3, -0.25) is 9.59 Å². The number of methoxy groups -OCH3 is 2. The number of ether oxygens (including phenoxy) is 3. The second-order valence-electron chi connectivity index (χ2n) is 9.84. The maximum absolute atomic E-state index is 14.1. The van der Waals surface area contributed by atoms with E-state index in [0.29, 0.717) is 21.9 Å². The van der Waals surface area contributed by atoms with Gasteiger partial charge < -0.3 is 29.0 Å². The lowest BCUT2D eigenvalue weighted by molar-refractivity contribution is -0.151. The highest BCUT2D eigenvalue weighted by Crippen LogP contribution is 2.41. The standard InChI is InChI=1S/C30H27N3O10S/c1-17-6-8-19(9-7-17)44(39,40)33-23(11-18-5-4-10-31-29(18)33)21-15-32(16-28(36)42-3)22-13-25(24(41-2)12-20(21)22)43-26(30(37)38)14-27(34)35/h4-13,15,26H,14,16H2,1-3H3,(H,34,35)(H,37,38). The first kappa shape index (κ1) is 30.1. The first-order chi connectivity index (χ1) is 20.9. The summed E-state index contributed by atoms with van der Waals surface area (Å²) in [6, 6.07) is 14.4. The largest absolute Gasteiger partial charge is 0.493 e. The van der Waals surface area contributed by atoms with Crippen molar-refractivity contribution in [3.8, 4) is 22.8 Å². The Balaban J connectivity index is 1.79. The predicted molar refractivity (Wildman–Crippen MR) is 157 cm³/mol. The molecule has 0 aliphatic carbocycles. The zero-order valence-electron chi connectivity index (χ0n) is 23.8. The van der Waals surface area contributed by atoms with Crippen molar-refractivity contribution in [2.75, 3.05) is 14.2 Å². The molecule has 5 rings (SSSR count). The number of benzene rings is 2. The van der Waals surface area contributed by atoms with Crippen LogP contribution in [0.5, 0.6) is 11.5 Å². The van der Waals surface area contributed by atoms with E-state index in [-0.39, 0.29) is 34.3 Å². The molecule has 3 aromatic heterocycles. The molecule has 2 aromatic carbocycles. The summed E-state index contributed by atoms with van der Waals surface area (Å²) >= 11 is 0. The van der Waals surface area contributed by atoms with E-state index in [9.17, 15) is 27.9 Å². The lowest BCUT2D eigenvalue weighted by atomic mass is 10.1.